The van der Waals surface area contributed by atoms with Gasteiger partial charge in [0.2, 0.25) is 0 Å². The molecule has 0 unspecified atom stereocenters. The van der Waals surface area contributed by atoms with Gasteiger partial charge in [-0.1, -0.05) is 11.6 Å². The predicted molar refractivity (Wildman–Crippen MR) is 62.8 cm³/mol. The molecule has 1 aliphatic heterocycles. The van der Waals surface area contributed by atoms with E-state index in [0.717, 1.165) is 11.1 Å². The van der Waals surface area contributed by atoms with Crippen molar-refractivity contribution in [2.45, 2.75) is 20.0 Å². The number of carbonyl (C=O) groups excluding carboxylic acids is 1. The topological polar surface area (TPSA) is 40.5 Å². The molecule has 0 spiro atoms. The van der Waals surface area contributed by atoms with Crippen LogP contribution in [0.4, 0.5) is 0 Å². The number of aliphatic hydroxyl groups excluding tert-OH is 1. The van der Waals surface area contributed by atoms with Gasteiger partial charge in [0.1, 0.15) is 0 Å². The number of aryl methyl sites for hydroxylation is 2. The first-order chi connectivity index (χ1) is 7.49. The van der Waals surface area contributed by atoms with Gasteiger partial charge in [-0.05, 0) is 37.1 Å². The van der Waals surface area contributed by atoms with E-state index < -0.39 is 0 Å². The minimum absolute atomic E-state index is 0.0987. The second-order valence-corrected chi connectivity index (χ2v) is 4.69. The highest BCUT2D eigenvalue weighted by atomic mass is 35.5. The predicted octanol–water partition coefficient (Wildman–Crippen LogP) is 1.77. The van der Waals surface area contributed by atoms with Crippen LogP contribution in [0.1, 0.15) is 21.5 Å². The molecular weight excluding hydrogens is 226 g/mol. The van der Waals surface area contributed by atoms with Crippen LogP contribution in [0.15, 0.2) is 12.1 Å². The Bertz CT molecular complexity index is 439. The highest BCUT2D eigenvalue weighted by Crippen LogP contribution is 2.24. The first-order valence-corrected chi connectivity index (χ1v) is 5.61. The van der Waals surface area contributed by atoms with Crippen LogP contribution in [0, 0.1) is 13.8 Å². The summed E-state index contributed by atoms with van der Waals surface area (Å²) in [4.78, 5) is 13.6. The van der Waals surface area contributed by atoms with Crippen molar-refractivity contribution in [3.8, 4) is 0 Å². The summed E-state index contributed by atoms with van der Waals surface area (Å²) in [6.45, 7) is 4.72. The molecule has 3 nitrogen and oxygen atoms in total. The molecule has 1 amide bonds. The molecule has 1 aromatic carbocycles. The molecule has 1 heterocycles. The Morgan fingerprint density at radius 2 is 1.94 bits per heavy atom. The van der Waals surface area contributed by atoms with E-state index in [9.17, 15) is 4.79 Å². The van der Waals surface area contributed by atoms with E-state index in [1.807, 2.05) is 19.9 Å². The number of hydrogen-bond acceptors (Lipinski definition) is 2. The largest absolute Gasteiger partial charge is 0.389 e. The summed E-state index contributed by atoms with van der Waals surface area (Å²) < 4.78 is 0. The van der Waals surface area contributed by atoms with Crippen LogP contribution in [-0.2, 0) is 0 Å². The van der Waals surface area contributed by atoms with E-state index in [1.54, 1.807) is 11.0 Å². The number of nitrogens with zero attached hydrogens (tertiary/aromatic N) is 1. The first kappa shape index (κ1) is 11.4. The Hall–Kier alpha value is -1.06. The maximum Gasteiger partial charge on any atom is 0.255 e. The third kappa shape index (κ3) is 1.93. The van der Waals surface area contributed by atoms with Crippen LogP contribution in [0.2, 0.25) is 5.02 Å². The molecule has 16 heavy (non-hydrogen) atoms. The molecule has 1 saturated heterocycles. The number of amides is 1. The minimum Gasteiger partial charge on any atom is -0.389 e. The molecule has 0 aliphatic carbocycles. The smallest absolute Gasteiger partial charge is 0.255 e. The second kappa shape index (κ2) is 4.07. The summed E-state index contributed by atoms with van der Waals surface area (Å²) >= 11 is 6.05. The van der Waals surface area contributed by atoms with Crippen LogP contribution in [-0.4, -0.2) is 35.1 Å². The quantitative estimate of drug-likeness (QED) is 0.812. The average molecular weight is 240 g/mol. The maximum absolute atomic E-state index is 12.0. The summed E-state index contributed by atoms with van der Waals surface area (Å²) in [6.07, 6.45) is -0.380. The molecule has 1 N–H and O–H groups in total. The van der Waals surface area contributed by atoms with Crippen LogP contribution >= 0.6 is 11.6 Å². The summed E-state index contributed by atoms with van der Waals surface area (Å²) in [5.41, 5.74) is 2.65. The van der Waals surface area contributed by atoms with Crippen molar-refractivity contribution in [3.05, 3.63) is 33.8 Å². The lowest BCUT2D eigenvalue weighted by Gasteiger charge is -2.36. The van der Waals surface area contributed by atoms with Crippen molar-refractivity contribution in [1.29, 1.82) is 0 Å². The third-order valence-electron chi connectivity index (χ3n) is 2.96. The summed E-state index contributed by atoms with van der Waals surface area (Å²) in [7, 11) is 0. The third-order valence-corrected chi connectivity index (χ3v) is 3.28. The van der Waals surface area contributed by atoms with E-state index >= 15 is 0 Å². The van der Waals surface area contributed by atoms with Crippen molar-refractivity contribution >= 4 is 17.5 Å². The number of rotatable bonds is 1. The molecule has 4 heteroatoms. The molecule has 2 rings (SSSR count). The normalized spacial score (nSPS) is 16.1. The lowest BCUT2D eigenvalue weighted by molar-refractivity contribution is 0.00590. The Morgan fingerprint density at radius 1 is 1.38 bits per heavy atom. The zero-order valence-corrected chi connectivity index (χ0v) is 10.1. The monoisotopic (exact) mass is 239 g/mol. The van der Waals surface area contributed by atoms with Crippen LogP contribution in [0.3, 0.4) is 0 Å². The van der Waals surface area contributed by atoms with Gasteiger partial charge in [0.25, 0.3) is 5.91 Å². The molecule has 0 saturated carbocycles. The fraction of sp³-hybridized carbons (Fsp3) is 0.417. The van der Waals surface area contributed by atoms with Gasteiger partial charge in [0.15, 0.2) is 0 Å². The number of hydrogen-bond donors (Lipinski definition) is 1. The molecule has 0 radical (unpaired) electrons. The number of benzene rings is 1. The fourth-order valence-corrected chi connectivity index (χ4v) is 2.04. The van der Waals surface area contributed by atoms with Crippen molar-refractivity contribution in [2.75, 3.05) is 13.1 Å². The van der Waals surface area contributed by atoms with Crippen LogP contribution < -0.4 is 0 Å². The van der Waals surface area contributed by atoms with E-state index in [0.29, 0.717) is 23.7 Å². The van der Waals surface area contributed by atoms with Crippen molar-refractivity contribution < 1.29 is 9.90 Å². The van der Waals surface area contributed by atoms with E-state index in [4.69, 9.17) is 16.7 Å². The van der Waals surface area contributed by atoms with E-state index in [1.165, 1.54) is 0 Å². The molecule has 0 aromatic heterocycles. The lowest BCUT2D eigenvalue weighted by Crippen LogP contribution is -2.53. The zero-order chi connectivity index (χ0) is 11.9. The molecule has 86 valence electrons. The number of aliphatic hydroxyl groups is 1. The molecule has 0 bridgehead atoms. The molecule has 1 fully saturated rings. The molecule has 0 atom stereocenters. The van der Waals surface area contributed by atoms with Crippen molar-refractivity contribution in [2.24, 2.45) is 0 Å². The SMILES string of the molecule is Cc1cc(Cl)c(C(=O)N2CC(O)C2)cc1C. The van der Waals surface area contributed by atoms with Gasteiger partial charge in [-0.15, -0.1) is 0 Å². The number of likely N-dealkylation sites (tertiary alicyclic amines) is 1. The molecule has 1 aliphatic rings. The Kier molecular flexibility index (Phi) is 2.91. The Morgan fingerprint density at radius 3 is 2.50 bits per heavy atom. The summed E-state index contributed by atoms with van der Waals surface area (Å²) in [6, 6.07) is 3.62. The highest BCUT2D eigenvalue weighted by molar-refractivity contribution is 6.34. The van der Waals surface area contributed by atoms with Gasteiger partial charge < -0.3 is 10.0 Å². The van der Waals surface area contributed by atoms with E-state index in [-0.39, 0.29) is 12.0 Å². The van der Waals surface area contributed by atoms with Gasteiger partial charge in [0, 0.05) is 13.1 Å². The Balaban J connectivity index is 2.27. The standard InChI is InChI=1S/C12H14ClNO2/c1-7-3-10(11(13)4-8(7)2)12(16)14-5-9(15)6-14/h3-4,9,15H,5-6H2,1-2H3. The van der Waals surface area contributed by atoms with Crippen molar-refractivity contribution in [1.82, 2.24) is 4.90 Å². The number of carbonyl (C=O) groups is 1. The van der Waals surface area contributed by atoms with E-state index in [2.05, 4.69) is 0 Å². The van der Waals surface area contributed by atoms with Gasteiger partial charge in [-0.25, -0.2) is 0 Å². The fourth-order valence-electron chi connectivity index (χ4n) is 1.74. The minimum atomic E-state index is -0.380. The van der Waals surface area contributed by atoms with Gasteiger partial charge in [-0.2, -0.15) is 0 Å². The van der Waals surface area contributed by atoms with Crippen LogP contribution in [0.25, 0.3) is 0 Å². The number of halogens is 1. The molecular formula is C12H14ClNO2. The first-order valence-electron chi connectivity index (χ1n) is 5.23. The summed E-state index contributed by atoms with van der Waals surface area (Å²) in [5.74, 6) is -0.0987. The average Bonchev–Trinajstić information content (AvgIpc) is 2.18. The Labute approximate surface area is 99.6 Å². The van der Waals surface area contributed by atoms with Gasteiger partial charge >= 0.3 is 0 Å². The zero-order valence-electron chi connectivity index (χ0n) is 9.33. The number of β-amino-alcohol motifs (C(OH)–C–C–N with tert-alkyl or cyclic N) is 1. The maximum atomic E-state index is 12.0. The molecule has 1 aromatic rings. The van der Waals surface area contributed by atoms with Crippen molar-refractivity contribution in [3.63, 3.8) is 0 Å². The highest BCUT2D eigenvalue weighted by Gasteiger charge is 2.30. The summed E-state index contributed by atoms with van der Waals surface area (Å²) in [5, 5.41) is 9.64. The van der Waals surface area contributed by atoms with Gasteiger partial charge in [-0.3, -0.25) is 4.79 Å². The lowest BCUT2D eigenvalue weighted by atomic mass is 10.0. The van der Waals surface area contributed by atoms with Gasteiger partial charge in [0.05, 0.1) is 16.7 Å². The van der Waals surface area contributed by atoms with Crippen LogP contribution in [0.5, 0.6) is 0 Å². The second-order valence-electron chi connectivity index (χ2n) is 4.28.